The van der Waals surface area contributed by atoms with Crippen LogP contribution in [0.15, 0.2) is 24.5 Å². The van der Waals surface area contributed by atoms with Crippen LogP contribution in [-0.4, -0.2) is 36.7 Å². The van der Waals surface area contributed by atoms with E-state index in [-0.39, 0.29) is 0 Å². The molecule has 0 saturated carbocycles. The van der Waals surface area contributed by atoms with Crippen molar-refractivity contribution in [1.82, 2.24) is 29.7 Å². The molecule has 0 aromatic carbocycles. The lowest BCUT2D eigenvalue weighted by molar-refractivity contribution is 0.307. The Morgan fingerprint density at radius 3 is 3.09 bits per heavy atom. The molecule has 1 aliphatic rings. The minimum atomic E-state index is 0.822. The molecule has 0 radical (unpaired) electrons. The second kappa shape index (κ2) is 5.53. The quantitative estimate of drug-likeness (QED) is 0.799. The average molecular weight is 296 g/mol. The van der Waals surface area contributed by atoms with E-state index in [1.165, 1.54) is 29.8 Å². The van der Waals surface area contributed by atoms with E-state index < -0.39 is 0 Å². The molecule has 0 unspecified atom stereocenters. The minimum absolute atomic E-state index is 0.822. The van der Waals surface area contributed by atoms with Gasteiger partial charge in [-0.1, -0.05) is 6.07 Å². The molecule has 0 saturated heterocycles. The van der Waals surface area contributed by atoms with Crippen molar-refractivity contribution in [3.8, 4) is 0 Å². The van der Waals surface area contributed by atoms with Crippen molar-refractivity contribution < 1.29 is 0 Å². The van der Waals surface area contributed by atoms with Crippen molar-refractivity contribution in [3.63, 3.8) is 0 Å². The first kappa shape index (κ1) is 13.5. The van der Waals surface area contributed by atoms with Crippen LogP contribution in [0.3, 0.4) is 0 Å². The van der Waals surface area contributed by atoms with Gasteiger partial charge in [0.25, 0.3) is 0 Å². The van der Waals surface area contributed by atoms with Gasteiger partial charge >= 0.3 is 0 Å². The number of rotatable bonds is 4. The average Bonchev–Trinajstić information content (AvgIpc) is 3.15. The molecule has 1 aliphatic carbocycles. The van der Waals surface area contributed by atoms with Gasteiger partial charge < -0.3 is 0 Å². The predicted octanol–water partition coefficient (Wildman–Crippen LogP) is 1.96. The lowest BCUT2D eigenvalue weighted by Crippen LogP contribution is -2.20. The van der Waals surface area contributed by atoms with Crippen molar-refractivity contribution in [1.29, 1.82) is 0 Å². The van der Waals surface area contributed by atoms with Crippen molar-refractivity contribution in [2.45, 2.75) is 38.8 Å². The highest BCUT2D eigenvalue weighted by Crippen LogP contribution is 2.23. The molecule has 114 valence electrons. The molecule has 0 bridgehead atoms. The van der Waals surface area contributed by atoms with Gasteiger partial charge in [-0.15, -0.1) is 0 Å². The van der Waals surface area contributed by atoms with Crippen LogP contribution in [0.4, 0.5) is 0 Å². The Kier molecular flexibility index (Phi) is 3.38. The summed E-state index contributed by atoms with van der Waals surface area (Å²) in [6.07, 6.45) is 6.46. The Hall–Kier alpha value is -2.21. The van der Waals surface area contributed by atoms with Gasteiger partial charge in [-0.2, -0.15) is 10.2 Å². The second-order valence-corrected chi connectivity index (χ2v) is 6.05. The maximum atomic E-state index is 4.53. The lowest BCUT2D eigenvalue weighted by Gasteiger charge is -2.18. The second-order valence-electron chi connectivity index (χ2n) is 6.05. The fourth-order valence-corrected chi connectivity index (χ4v) is 3.29. The first-order valence-electron chi connectivity index (χ1n) is 7.82. The molecule has 0 fully saturated rings. The van der Waals surface area contributed by atoms with Gasteiger partial charge in [0.2, 0.25) is 0 Å². The third kappa shape index (κ3) is 2.39. The molecule has 0 aliphatic heterocycles. The molecule has 0 atom stereocenters. The molecule has 22 heavy (non-hydrogen) atoms. The van der Waals surface area contributed by atoms with Gasteiger partial charge in [0.05, 0.1) is 11.4 Å². The number of hydrogen-bond donors (Lipinski definition) is 1. The lowest BCUT2D eigenvalue weighted by atomic mass is 9.96. The van der Waals surface area contributed by atoms with E-state index in [4.69, 9.17) is 0 Å². The molecule has 0 amide bonds. The Morgan fingerprint density at radius 1 is 1.23 bits per heavy atom. The third-order valence-corrected chi connectivity index (χ3v) is 4.37. The fraction of sp³-hybridized carbons (Fsp3) is 0.438. The molecule has 3 aromatic rings. The summed E-state index contributed by atoms with van der Waals surface area (Å²) in [6, 6.07) is 6.10. The number of aromatic amines is 1. The van der Waals surface area contributed by atoms with Gasteiger partial charge in [0.15, 0.2) is 5.65 Å². The molecule has 6 heteroatoms. The number of nitrogens with zero attached hydrogens (tertiary/aromatic N) is 5. The van der Waals surface area contributed by atoms with E-state index in [2.05, 4.69) is 38.3 Å². The highest BCUT2D eigenvalue weighted by atomic mass is 15.3. The van der Waals surface area contributed by atoms with Gasteiger partial charge in [-0.3, -0.25) is 10.00 Å². The Labute approximate surface area is 129 Å². The number of fused-ring (bicyclic) bond motifs is 2. The van der Waals surface area contributed by atoms with Gasteiger partial charge in [-0.05, 0) is 50.4 Å². The maximum absolute atomic E-state index is 4.53. The highest BCUT2D eigenvalue weighted by Gasteiger charge is 2.18. The largest absolute Gasteiger partial charge is 0.295 e. The summed E-state index contributed by atoms with van der Waals surface area (Å²) in [5.41, 5.74) is 6.01. The Bertz CT molecular complexity index is 787. The normalized spacial score (nSPS) is 14.6. The van der Waals surface area contributed by atoms with Crippen molar-refractivity contribution in [2.75, 3.05) is 7.05 Å². The van der Waals surface area contributed by atoms with Crippen LogP contribution in [-0.2, 0) is 25.9 Å². The van der Waals surface area contributed by atoms with E-state index >= 15 is 0 Å². The standard InChI is InChI=1S/C16H20N6/c1-21(9-12-5-4-8-16-17-11-18-22(12)16)10-15-13-6-2-3-7-14(13)19-20-15/h4-5,8,11H,2-3,6-7,9-10H2,1H3,(H,19,20). The third-order valence-electron chi connectivity index (χ3n) is 4.37. The predicted molar refractivity (Wildman–Crippen MR) is 83.4 cm³/mol. The highest BCUT2D eigenvalue weighted by molar-refractivity contribution is 5.37. The van der Waals surface area contributed by atoms with Crippen LogP contribution >= 0.6 is 0 Å². The SMILES string of the molecule is CN(Cc1n[nH]c2c1CCCC2)Cc1cccc2ncnn12. The van der Waals surface area contributed by atoms with E-state index in [1.807, 2.05) is 16.6 Å². The first-order chi connectivity index (χ1) is 10.8. The van der Waals surface area contributed by atoms with E-state index in [1.54, 1.807) is 6.33 Å². The first-order valence-corrected chi connectivity index (χ1v) is 7.82. The molecule has 4 rings (SSSR count). The van der Waals surface area contributed by atoms with Crippen molar-refractivity contribution in [3.05, 3.63) is 47.2 Å². The van der Waals surface area contributed by atoms with Crippen LogP contribution in [0.1, 0.15) is 35.5 Å². The maximum Gasteiger partial charge on any atom is 0.155 e. The van der Waals surface area contributed by atoms with Gasteiger partial charge in [-0.25, -0.2) is 9.50 Å². The zero-order chi connectivity index (χ0) is 14.9. The number of aryl methyl sites for hydroxylation is 1. The van der Waals surface area contributed by atoms with Crippen LogP contribution in [0.2, 0.25) is 0 Å². The van der Waals surface area contributed by atoms with E-state index in [0.29, 0.717) is 0 Å². The summed E-state index contributed by atoms with van der Waals surface area (Å²) < 4.78 is 1.90. The zero-order valence-corrected chi connectivity index (χ0v) is 12.8. The molecule has 6 nitrogen and oxygen atoms in total. The summed E-state index contributed by atoms with van der Waals surface area (Å²) in [5.74, 6) is 0. The topological polar surface area (TPSA) is 62.1 Å². The molecular formula is C16H20N6. The molecule has 3 heterocycles. The van der Waals surface area contributed by atoms with Gasteiger partial charge in [0, 0.05) is 18.8 Å². The summed E-state index contributed by atoms with van der Waals surface area (Å²) in [4.78, 5) is 6.52. The fourth-order valence-electron chi connectivity index (χ4n) is 3.29. The molecule has 1 N–H and O–H groups in total. The number of aromatic nitrogens is 5. The summed E-state index contributed by atoms with van der Waals surface area (Å²) in [6.45, 7) is 1.68. The smallest absolute Gasteiger partial charge is 0.155 e. The van der Waals surface area contributed by atoms with Gasteiger partial charge in [0.1, 0.15) is 6.33 Å². The number of H-pyrrole nitrogens is 1. The van der Waals surface area contributed by atoms with Crippen LogP contribution in [0, 0.1) is 0 Å². The van der Waals surface area contributed by atoms with Crippen LogP contribution < -0.4 is 0 Å². The van der Waals surface area contributed by atoms with E-state index in [9.17, 15) is 0 Å². The molecular weight excluding hydrogens is 276 g/mol. The zero-order valence-electron chi connectivity index (χ0n) is 12.8. The summed E-state index contributed by atoms with van der Waals surface area (Å²) >= 11 is 0. The van der Waals surface area contributed by atoms with Crippen molar-refractivity contribution >= 4 is 5.65 Å². The summed E-state index contributed by atoms with van der Waals surface area (Å²) in [7, 11) is 2.12. The summed E-state index contributed by atoms with van der Waals surface area (Å²) in [5, 5.41) is 12.0. The number of pyridine rings is 1. The number of hydrogen-bond acceptors (Lipinski definition) is 4. The van der Waals surface area contributed by atoms with E-state index in [0.717, 1.165) is 37.3 Å². The van der Waals surface area contributed by atoms with Crippen LogP contribution in [0.5, 0.6) is 0 Å². The molecule has 3 aromatic heterocycles. The van der Waals surface area contributed by atoms with Crippen molar-refractivity contribution in [2.24, 2.45) is 0 Å². The number of nitrogens with one attached hydrogen (secondary N) is 1. The Morgan fingerprint density at radius 2 is 2.14 bits per heavy atom. The minimum Gasteiger partial charge on any atom is -0.295 e. The Balaban J connectivity index is 1.52. The monoisotopic (exact) mass is 296 g/mol. The molecule has 0 spiro atoms. The van der Waals surface area contributed by atoms with Crippen LogP contribution in [0.25, 0.3) is 5.65 Å².